The minimum atomic E-state index is -0.280. The average molecular weight is 319 g/mol. The highest BCUT2D eigenvalue weighted by Crippen LogP contribution is 2.17. The summed E-state index contributed by atoms with van der Waals surface area (Å²) in [5.74, 6) is -0.0881. The van der Waals surface area contributed by atoms with E-state index >= 15 is 0 Å². The molecule has 0 radical (unpaired) electrons. The van der Waals surface area contributed by atoms with Gasteiger partial charge < -0.3 is 5.32 Å². The molecule has 0 saturated heterocycles. The van der Waals surface area contributed by atoms with Crippen molar-refractivity contribution in [2.24, 2.45) is 0 Å². The third kappa shape index (κ3) is 3.97. The van der Waals surface area contributed by atoms with E-state index in [0.717, 1.165) is 0 Å². The summed E-state index contributed by atoms with van der Waals surface area (Å²) in [7, 11) is 0. The third-order valence-corrected chi connectivity index (χ3v) is 3.28. The van der Waals surface area contributed by atoms with Crippen LogP contribution in [0.3, 0.4) is 0 Å². The van der Waals surface area contributed by atoms with E-state index in [4.69, 9.17) is 0 Å². The van der Waals surface area contributed by atoms with Crippen LogP contribution in [-0.2, 0) is 16.9 Å². The highest BCUT2D eigenvalue weighted by Gasteiger charge is 2.20. The van der Waals surface area contributed by atoms with Crippen LogP contribution in [0.5, 0.6) is 0 Å². The molecule has 0 aromatic carbocycles. The van der Waals surface area contributed by atoms with E-state index in [1.54, 1.807) is 10.9 Å². The molecule has 2 heterocycles. The van der Waals surface area contributed by atoms with Gasteiger partial charge in [0.05, 0.1) is 18.1 Å². The molecule has 1 amide bonds. The van der Waals surface area contributed by atoms with Crippen LogP contribution < -0.4 is 10.9 Å². The van der Waals surface area contributed by atoms with Gasteiger partial charge in [0, 0.05) is 18.5 Å². The second kappa shape index (κ2) is 5.79. The molecule has 2 aromatic heterocycles. The second-order valence-electron chi connectivity index (χ2n) is 7.76. The first-order valence-corrected chi connectivity index (χ1v) is 7.74. The predicted octanol–water partition coefficient (Wildman–Crippen LogP) is 1.65. The minimum absolute atomic E-state index is 0.0881. The van der Waals surface area contributed by atoms with Crippen molar-refractivity contribution in [2.75, 3.05) is 0 Å². The summed E-state index contributed by atoms with van der Waals surface area (Å²) in [5, 5.41) is 7.62. The van der Waals surface area contributed by atoms with Gasteiger partial charge in [0.15, 0.2) is 5.65 Å². The number of rotatable bonds is 3. The van der Waals surface area contributed by atoms with Crippen molar-refractivity contribution >= 4 is 16.9 Å². The van der Waals surface area contributed by atoms with Crippen LogP contribution in [0.15, 0.2) is 17.3 Å². The van der Waals surface area contributed by atoms with Crippen molar-refractivity contribution < 1.29 is 4.79 Å². The summed E-state index contributed by atoms with van der Waals surface area (Å²) in [4.78, 5) is 28.7. The van der Waals surface area contributed by atoms with Gasteiger partial charge in [-0.25, -0.2) is 9.67 Å². The number of amides is 1. The first-order valence-electron chi connectivity index (χ1n) is 7.74. The molecule has 0 fully saturated rings. The summed E-state index contributed by atoms with van der Waals surface area (Å²) in [6, 6.07) is 0. The van der Waals surface area contributed by atoms with Gasteiger partial charge in [-0.15, -0.1) is 0 Å². The van der Waals surface area contributed by atoms with E-state index in [-0.39, 0.29) is 29.0 Å². The van der Waals surface area contributed by atoms with Crippen LogP contribution in [0.25, 0.3) is 11.0 Å². The van der Waals surface area contributed by atoms with E-state index in [9.17, 15) is 9.59 Å². The summed E-state index contributed by atoms with van der Waals surface area (Å²) < 4.78 is 3.19. The van der Waals surface area contributed by atoms with Gasteiger partial charge in [-0.2, -0.15) is 5.10 Å². The molecular weight excluding hydrogens is 294 g/mol. The quantitative estimate of drug-likeness (QED) is 0.932. The van der Waals surface area contributed by atoms with Crippen molar-refractivity contribution in [1.29, 1.82) is 0 Å². The standard InChI is InChI=1S/C16H25N5O2/c1-15(2,3)19-12(22)7-8-20-10-17-13-11(14(20)23)9-18-21(13)16(4,5)6/h9-10H,7-8H2,1-6H3,(H,19,22). The van der Waals surface area contributed by atoms with Crippen LogP contribution in [0, 0.1) is 0 Å². The lowest BCUT2D eigenvalue weighted by atomic mass is 10.1. The fraction of sp³-hybridized carbons (Fsp3) is 0.625. The molecule has 0 atom stereocenters. The molecule has 1 N–H and O–H groups in total. The summed E-state index contributed by atoms with van der Waals surface area (Å²) in [5.41, 5.74) is -0.134. The molecule has 126 valence electrons. The predicted molar refractivity (Wildman–Crippen MR) is 89.3 cm³/mol. The van der Waals surface area contributed by atoms with E-state index in [1.165, 1.54) is 10.9 Å². The van der Waals surface area contributed by atoms with E-state index in [0.29, 0.717) is 17.6 Å². The lowest BCUT2D eigenvalue weighted by molar-refractivity contribution is -0.122. The first kappa shape index (κ1) is 17.2. The largest absolute Gasteiger partial charge is 0.351 e. The SMILES string of the molecule is CC(C)(C)NC(=O)CCn1cnc2c(cnn2C(C)(C)C)c1=O. The lowest BCUT2D eigenvalue weighted by Gasteiger charge is -2.20. The number of hydrogen-bond acceptors (Lipinski definition) is 4. The molecule has 2 rings (SSSR count). The van der Waals surface area contributed by atoms with Gasteiger partial charge in [0.2, 0.25) is 5.91 Å². The third-order valence-electron chi connectivity index (χ3n) is 3.28. The van der Waals surface area contributed by atoms with Crippen molar-refractivity contribution in [3.8, 4) is 0 Å². The molecule has 0 bridgehead atoms. The molecule has 7 heteroatoms. The summed E-state index contributed by atoms with van der Waals surface area (Å²) in [6.07, 6.45) is 3.26. The second-order valence-corrected chi connectivity index (χ2v) is 7.76. The summed E-state index contributed by atoms with van der Waals surface area (Å²) >= 11 is 0. The maximum absolute atomic E-state index is 12.5. The highest BCUT2D eigenvalue weighted by atomic mass is 16.2. The van der Waals surface area contributed by atoms with Crippen LogP contribution >= 0.6 is 0 Å². The average Bonchev–Trinajstić information content (AvgIpc) is 2.80. The van der Waals surface area contributed by atoms with Crippen molar-refractivity contribution in [1.82, 2.24) is 24.6 Å². The Morgan fingerprint density at radius 1 is 1.22 bits per heavy atom. The molecule has 0 saturated carbocycles. The monoisotopic (exact) mass is 319 g/mol. The number of carbonyl (C=O) groups is 1. The molecule has 2 aromatic rings. The maximum Gasteiger partial charge on any atom is 0.264 e. The Hall–Kier alpha value is -2.18. The van der Waals surface area contributed by atoms with Gasteiger partial charge in [-0.05, 0) is 41.5 Å². The number of fused-ring (bicyclic) bond motifs is 1. The van der Waals surface area contributed by atoms with Crippen LogP contribution in [0.4, 0.5) is 0 Å². The molecule has 0 aliphatic heterocycles. The Balaban J connectivity index is 2.23. The van der Waals surface area contributed by atoms with Gasteiger partial charge in [-0.1, -0.05) is 0 Å². The first-order chi connectivity index (χ1) is 10.5. The Bertz CT molecular complexity index is 774. The van der Waals surface area contributed by atoms with Crippen LogP contribution in [0.1, 0.15) is 48.0 Å². The van der Waals surface area contributed by atoms with Crippen molar-refractivity contribution in [3.05, 3.63) is 22.9 Å². The fourth-order valence-electron chi connectivity index (χ4n) is 2.30. The zero-order chi connectivity index (χ0) is 17.4. The molecule has 7 nitrogen and oxygen atoms in total. The number of aromatic nitrogens is 4. The Morgan fingerprint density at radius 2 is 1.87 bits per heavy atom. The summed E-state index contributed by atoms with van der Waals surface area (Å²) in [6.45, 7) is 12.1. The molecular formula is C16H25N5O2. The van der Waals surface area contributed by atoms with Gasteiger partial charge in [0.25, 0.3) is 5.56 Å². The van der Waals surface area contributed by atoms with Gasteiger partial charge in [0.1, 0.15) is 5.39 Å². The van der Waals surface area contributed by atoms with Gasteiger partial charge >= 0.3 is 0 Å². The smallest absolute Gasteiger partial charge is 0.264 e. The number of hydrogen-bond donors (Lipinski definition) is 1. The zero-order valence-corrected chi connectivity index (χ0v) is 14.7. The lowest BCUT2D eigenvalue weighted by Crippen LogP contribution is -2.41. The topological polar surface area (TPSA) is 81.8 Å². The minimum Gasteiger partial charge on any atom is -0.351 e. The van der Waals surface area contributed by atoms with E-state index in [1.807, 2.05) is 41.5 Å². The van der Waals surface area contributed by atoms with E-state index < -0.39 is 0 Å². The number of nitrogens with zero attached hydrogens (tertiary/aromatic N) is 4. The number of nitrogens with one attached hydrogen (secondary N) is 1. The maximum atomic E-state index is 12.5. The Kier molecular flexibility index (Phi) is 4.32. The number of carbonyl (C=O) groups excluding carboxylic acids is 1. The van der Waals surface area contributed by atoms with Gasteiger partial charge in [-0.3, -0.25) is 14.2 Å². The van der Waals surface area contributed by atoms with Crippen molar-refractivity contribution in [2.45, 2.75) is 65.6 Å². The number of aryl methyl sites for hydroxylation is 1. The highest BCUT2D eigenvalue weighted by molar-refractivity contribution is 5.76. The molecule has 0 spiro atoms. The Labute approximate surface area is 135 Å². The van der Waals surface area contributed by atoms with Crippen LogP contribution in [0.2, 0.25) is 0 Å². The zero-order valence-electron chi connectivity index (χ0n) is 14.7. The molecule has 0 aliphatic carbocycles. The normalized spacial score (nSPS) is 12.6. The fourth-order valence-corrected chi connectivity index (χ4v) is 2.30. The molecule has 0 unspecified atom stereocenters. The Morgan fingerprint density at radius 3 is 2.43 bits per heavy atom. The van der Waals surface area contributed by atoms with Crippen LogP contribution in [-0.4, -0.2) is 30.8 Å². The van der Waals surface area contributed by atoms with Crippen molar-refractivity contribution in [3.63, 3.8) is 0 Å². The molecule has 0 aliphatic rings. The van der Waals surface area contributed by atoms with E-state index in [2.05, 4.69) is 15.4 Å². The molecule has 23 heavy (non-hydrogen) atoms.